The molecule has 0 bridgehead atoms. The third-order valence-electron chi connectivity index (χ3n) is 2.64. The molecular weight excluding hydrogens is 291 g/mol. The van der Waals surface area contributed by atoms with Gasteiger partial charge in [-0.25, -0.2) is 9.37 Å². The molecule has 0 aliphatic heterocycles. The molecule has 1 aromatic heterocycles. The summed E-state index contributed by atoms with van der Waals surface area (Å²) in [4.78, 5) is 8.40. The molecule has 0 saturated carbocycles. The molecule has 0 amide bonds. The van der Waals surface area contributed by atoms with E-state index >= 15 is 0 Å². The zero-order chi connectivity index (χ0) is 14.8. The molecule has 0 unspecified atom stereocenters. The highest BCUT2D eigenvalue weighted by molar-refractivity contribution is 6.81. The van der Waals surface area contributed by atoms with Crippen molar-refractivity contribution in [3.8, 4) is 0 Å². The summed E-state index contributed by atoms with van der Waals surface area (Å²) in [5.74, 6) is -0.258. The third-order valence-corrected chi connectivity index (χ3v) is 4.07. The van der Waals surface area contributed by atoms with Crippen LogP contribution in [0, 0.1) is 5.82 Å². The molecule has 2 aromatic rings. The molecule has 0 aliphatic carbocycles. The summed E-state index contributed by atoms with van der Waals surface area (Å²) in [6.45, 7) is 6.67. The van der Waals surface area contributed by atoms with Crippen molar-refractivity contribution in [2.24, 2.45) is 0 Å². The Morgan fingerprint density at radius 3 is 2.25 bits per heavy atom. The van der Waals surface area contributed by atoms with Crippen LogP contribution in [0.25, 0.3) is 5.57 Å². The lowest BCUT2D eigenvalue weighted by atomic mass is 10.1. The summed E-state index contributed by atoms with van der Waals surface area (Å²) in [6, 6.07) is 6.37. The lowest BCUT2D eigenvalue weighted by molar-refractivity contribution is 0.627. The van der Waals surface area contributed by atoms with Crippen LogP contribution < -0.4 is 0 Å². The molecule has 0 atom stereocenters. The molecule has 0 fully saturated rings. The number of hydrogen-bond donors (Lipinski definition) is 0. The first kappa shape index (κ1) is 14.9. The van der Waals surface area contributed by atoms with Gasteiger partial charge in [0.1, 0.15) is 11.5 Å². The molecule has 2 nitrogen and oxygen atoms in total. The van der Waals surface area contributed by atoms with Gasteiger partial charge in [0.2, 0.25) is 0 Å². The third kappa shape index (κ3) is 3.74. The van der Waals surface area contributed by atoms with Gasteiger partial charge in [-0.15, -0.1) is 0 Å². The van der Waals surface area contributed by atoms with E-state index in [2.05, 4.69) is 35.3 Å². The largest absolute Gasteiger partial charge is 0.251 e. The van der Waals surface area contributed by atoms with E-state index in [0.29, 0.717) is 10.8 Å². The number of halogens is 2. The van der Waals surface area contributed by atoms with Crippen molar-refractivity contribution in [3.63, 3.8) is 0 Å². The molecule has 20 heavy (non-hydrogen) atoms. The monoisotopic (exact) mass is 306 g/mol. The minimum absolute atomic E-state index is 0.258. The topological polar surface area (TPSA) is 25.8 Å². The Balaban J connectivity index is 2.60. The first-order chi connectivity index (χ1) is 9.37. The molecular formula is C15H16ClFN2Si. The number of rotatable bonds is 3. The van der Waals surface area contributed by atoms with Crippen LogP contribution in [0.4, 0.5) is 4.39 Å². The first-order valence-corrected chi connectivity index (χ1v) is 10.3. The van der Waals surface area contributed by atoms with Crippen LogP contribution in [0.15, 0.2) is 42.4 Å². The fourth-order valence-corrected chi connectivity index (χ4v) is 3.23. The Morgan fingerprint density at radius 2 is 1.70 bits per heavy atom. The molecule has 104 valence electrons. The van der Waals surface area contributed by atoms with Gasteiger partial charge in [0.15, 0.2) is 5.15 Å². The molecule has 0 spiro atoms. The first-order valence-electron chi connectivity index (χ1n) is 6.32. The highest BCUT2D eigenvalue weighted by atomic mass is 35.5. The lowest BCUT2D eigenvalue weighted by Crippen LogP contribution is -2.17. The van der Waals surface area contributed by atoms with Gasteiger partial charge in [-0.2, -0.15) is 0 Å². The number of hydrogen-bond acceptors (Lipinski definition) is 2. The van der Waals surface area contributed by atoms with E-state index < -0.39 is 8.07 Å². The highest BCUT2D eigenvalue weighted by Gasteiger charge is 2.17. The molecule has 5 heteroatoms. The Hall–Kier alpha value is -1.52. The van der Waals surface area contributed by atoms with Gasteiger partial charge in [0, 0.05) is 18.0 Å². The van der Waals surface area contributed by atoms with Gasteiger partial charge in [-0.3, -0.25) is 4.98 Å². The van der Waals surface area contributed by atoms with Crippen molar-refractivity contribution in [1.29, 1.82) is 0 Å². The van der Waals surface area contributed by atoms with E-state index in [1.807, 2.05) is 0 Å². The summed E-state index contributed by atoms with van der Waals surface area (Å²) < 4.78 is 13.1. The van der Waals surface area contributed by atoms with E-state index in [9.17, 15) is 4.39 Å². The van der Waals surface area contributed by atoms with Gasteiger partial charge in [-0.05, 0) is 17.7 Å². The molecule has 0 radical (unpaired) electrons. The van der Waals surface area contributed by atoms with Crippen LogP contribution in [0.5, 0.6) is 0 Å². The normalized spacial score (nSPS) is 12.6. The standard InChI is InChI=1S/C15H16ClFN2Si/c1-20(2,3)10-13(11-4-6-12(17)7-5-11)14-15(16)19-9-8-18-14/h4-10H,1-3H3/b13-10+. The maximum Gasteiger partial charge on any atom is 0.155 e. The fraction of sp³-hybridized carbons (Fsp3) is 0.200. The van der Waals surface area contributed by atoms with Crippen molar-refractivity contribution in [2.45, 2.75) is 19.6 Å². The van der Waals surface area contributed by atoms with Gasteiger partial charge in [0.05, 0.1) is 8.07 Å². The second-order valence-electron chi connectivity index (χ2n) is 5.63. The number of nitrogens with zero attached hydrogens (tertiary/aromatic N) is 2. The summed E-state index contributed by atoms with van der Waals surface area (Å²) in [6.07, 6.45) is 3.17. The Kier molecular flexibility index (Phi) is 4.35. The molecule has 1 aromatic carbocycles. The average molecular weight is 307 g/mol. The minimum atomic E-state index is -1.50. The SMILES string of the molecule is C[Si](C)(C)/C=C(\c1ccc(F)cc1)c1nccnc1Cl. The Bertz CT molecular complexity index is 633. The van der Waals surface area contributed by atoms with Crippen LogP contribution in [-0.4, -0.2) is 18.0 Å². The van der Waals surface area contributed by atoms with Crippen LogP contribution in [0.3, 0.4) is 0 Å². The summed E-state index contributed by atoms with van der Waals surface area (Å²) >= 11 is 6.16. The zero-order valence-electron chi connectivity index (χ0n) is 11.7. The molecule has 2 rings (SSSR count). The molecule has 0 aliphatic rings. The van der Waals surface area contributed by atoms with Gasteiger partial charge >= 0.3 is 0 Å². The van der Waals surface area contributed by atoms with E-state index in [1.54, 1.807) is 24.5 Å². The summed E-state index contributed by atoms with van der Waals surface area (Å²) in [5.41, 5.74) is 4.66. The zero-order valence-corrected chi connectivity index (χ0v) is 13.4. The van der Waals surface area contributed by atoms with Crippen LogP contribution in [0.2, 0.25) is 24.8 Å². The van der Waals surface area contributed by atoms with Crippen molar-refractivity contribution in [3.05, 3.63) is 64.6 Å². The lowest BCUT2D eigenvalue weighted by Gasteiger charge is -2.15. The van der Waals surface area contributed by atoms with Crippen molar-refractivity contribution in [1.82, 2.24) is 9.97 Å². The van der Waals surface area contributed by atoms with Gasteiger partial charge in [-0.1, -0.05) is 49.1 Å². The summed E-state index contributed by atoms with van der Waals surface area (Å²) in [7, 11) is -1.50. The van der Waals surface area contributed by atoms with Crippen LogP contribution >= 0.6 is 11.6 Å². The van der Waals surface area contributed by atoms with Crippen molar-refractivity contribution >= 4 is 25.2 Å². The average Bonchev–Trinajstić information content (AvgIpc) is 2.37. The van der Waals surface area contributed by atoms with Gasteiger partial charge < -0.3 is 0 Å². The maximum absolute atomic E-state index is 13.1. The number of aromatic nitrogens is 2. The van der Waals surface area contributed by atoms with Crippen LogP contribution in [0.1, 0.15) is 11.3 Å². The van der Waals surface area contributed by atoms with Crippen LogP contribution in [-0.2, 0) is 0 Å². The van der Waals surface area contributed by atoms with E-state index in [1.165, 1.54) is 12.1 Å². The number of benzene rings is 1. The fourth-order valence-electron chi connectivity index (χ4n) is 1.85. The second kappa shape index (κ2) is 5.85. The molecule has 0 saturated heterocycles. The Morgan fingerprint density at radius 1 is 1.10 bits per heavy atom. The van der Waals surface area contributed by atoms with Crippen molar-refractivity contribution in [2.75, 3.05) is 0 Å². The molecule has 0 N–H and O–H groups in total. The summed E-state index contributed by atoms with van der Waals surface area (Å²) in [5, 5.41) is 0.362. The predicted molar refractivity (Wildman–Crippen MR) is 83.9 cm³/mol. The predicted octanol–water partition coefficient (Wildman–Crippen LogP) is 4.58. The van der Waals surface area contributed by atoms with E-state index in [-0.39, 0.29) is 5.82 Å². The smallest absolute Gasteiger partial charge is 0.155 e. The Labute approximate surface area is 124 Å². The molecule has 1 heterocycles. The maximum atomic E-state index is 13.1. The quantitative estimate of drug-likeness (QED) is 0.776. The minimum Gasteiger partial charge on any atom is -0.251 e. The second-order valence-corrected chi connectivity index (χ2v) is 11.0. The van der Waals surface area contributed by atoms with Crippen molar-refractivity contribution < 1.29 is 4.39 Å². The highest BCUT2D eigenvalue weighted by Crippen LogP contribution is 2.28. The van der Waals surface area contributed by atoms with Gasteiger partial charge in [0.25, 0.3) is 0 Å². The van der Waals surface area contributed by atoms with E-state index in [0.717, 1.165) is 11.1 Å². The van der Waals surface area contributed by atoms with E-state index in [4.69, 9.17) is 11.6 Å².